The normalized spacial score (nSPS) is 19.3. The van der Waals surface area contributed by atoms with Crippen LogP contribution in [0.4, 0.5) is 0 Å². The second kappa shape index (κ2) is 5.12. The van der Waals surface area contributed by atoms with Gasteiger partial charge in [0.15, 0.2) is 0 Å². The van der Waals surface area contributed by atoms with Crippen LogP contribution in [0.25, 0.3) is 0 Å². The number of aliphatic hydroxyl groups excluding tert-OH is 1. The fraction of sp³-hybridized carbons (Fsp3) is 0.462. The predicted molar refractivity (Wildman–Crippen MR) is 62.0 cm³/mol. The van der Waals surface area contributed by atoms with E-state index >= 15 is 0 Å². The molecule has 0 saturated carbocycles. The molecule has 0 spiro atoms. The smallest absolute Gasteiger partial charge is 0.210 e. The van der Waals surface area contributed by atoms with E-state index in [1.807, 2.05) is 17.0 Å². The van der Waals surface area contributed by atoms with Crippen molar-refractivity contribution in [3.05, 3.63) is 35.4 Å². The van der Waals surface area contributed by atoms with Crippen LogP contribution >= 0.6 is 0 Å². The zero-order chi connectivity index (χ0) is 11.4. The molecule has 1 atom stereocenters. The lowest BCUT2D eigenvalue weighted by Gasteiger charge is -2.34. The highest BCUT2D eigenvalue weighted by Gasteiger charge is 2.25. The highest BCUT2D eigenvalue weighted by atomic mass is 16.3. The van der Waals surface area contributed by atoms with Gasteiger partial charge in [0.25, 0.3) is 0 Å². The van der Waals surface area contributed by atoms with Crippen molar-refractivity contribution in [2.24, 2.45) is 0 Å². The molecular formula is C13H17NO2. The Morgan fingerprint density at radius 3 is 3.00 bits per heavy atom. The van der Waals surface area contributed by atoms with Crippen LogP contribution < -0.4 is 0 Å². The largest absolute Gasteiger partial charge is 0.396 e. The van der Waals surface area contributed by atoms with E-state index in [9.17, 15) is 4.79 Å². The average molecular weight is 219 g/mol. The zero-order valence-corrected chi connectivity index (χ0v) is 9.30. The van der Waals surface area contributed by atoms with E-state index in [0.717, 1.165) is 32.2 Å². The molecule has 86 valence electrons. The molecule has 1 unspecified atom stereocenters. The van der Waals surface area contributed by atoms with Gasteiger partial charge in [-0.25, -0.2) is 0 Å². The van der Waals surface area contributed by atoms with E-state index in [1.165, 1.54) is 11.1 Å². The maximum absolute atomic E-state index is 11.0. The topological polar surface area (TPSA) is 40.5 Å². The molecular weight excluding hydrogens is 202 g/mol. The van der Waals surface area contributed by atoms with Gasteiger partial charge in [0.2, 0.25) is 6.41 Å². The van der Waals surface area contributed by atoms with Gasteiger partial charge in [0.1, 0.15) is 0 Å². The molecule has 1 heterocycles. The fourth-order valence-electron chi connectivity index (χ4n) is 2.40. The third-order valence-electron chi connectivity index (χ3n) is 3.22. The summed E-state index contributed by atoms with van der Waals surface area (Å²) in [6.07, 6.45) is 3.44. The van der Waals surface area contributed by atoms with E-state index in [4.69, 9.17) is 5.11 Å². The minimum Gasteiger partial charge on any atom is -0.396 e. The number of nitrogens with zero attached hydrogens (tertiary/aromatic N) is 1. The number of carbonyl (C=O) groups excluding carboxylic acids is 1. The Morgan fingerprint density at radius 2 is 2.25 bits per heavy atom. The molecule has 1 aromatic rings. The van der Waals surface area contributed by atoms with Crippen molar-refractivity contribution in [2.75, 3.05) is 13.2 Å². The van der Waals surface area contributed by atoms with Crippen molar-refractivity contribution >= 4 is 6.41 Å². The highest BCUT2D eigenvalue weighted by Crippen LogP contribution is 2.31. The first-order valence-electron chi connectivity index (χ1n) is 5.76. The number of hydrogen-bond acceptors (Lipinski definition) is 2. The molecule has 3 nitrogen and oxygen atoms in total. The van der Waals surface area contributed by atoms with Gasteiger partial charge in [-0.3, -0.25) is 4.79 Å². The quantitative estimate of drug-likeness (QED) is 0.780. The Hall–Kier alpha value is -1.35. The molecule has 3 heteroatoms. The van der Waals surface area contributed by atoms with E-state index in [1.54, 1.807) is 0 Å². The van der Waals surface area contributed by atoms with Crippen molar-refractivity contribution in [1.82, 2.24) is 4.90 Å². The van der Waals surface area contributed by atoms with Crippen LogP contribution in [0.5, 0.6) is 0 Å². The minimum atomic E-state index is 0.148. The van der Waals surface area contributed by atoms with Gasteiger partial charge in [0.05, 0.1) is 6.04 Å². The van der Waals surface area contributed by atoms with Gasteiger partial charge in [-0.1, -0.05) is 24.3 Å². The molecule has 0 fully saturated rings. The van der Waals surface area contributed by atoms with Gasteiger partial charge in [0, 0.05) is 13.2 Å². The Kier molecular flexibility index (Phi) is 3.57. The number of aliphatic hydroxyl groups is 1. The van der Waals surface area contributed by atoms with E-state index in [0.29, 0.717) is 0 Å². The van der Waals surface area contributed by atoms with Crippen LogP contribution in [0.1, 0.15) is 30.0 Å². The minimum absolute atomic E-state index is 0.148. The summed E-state index contributed by atoms with van der Waals surface area (Å²) in [7, 11) is 0. The zero-order valence-electron chi connectivity index (χ0n) is 9.30. The fourth-order valence-corrected chi connectivity index (χ4v) is 2.40. The second-order valence-electron chi connectivity index (χ2n) is 4.17. The van der Waals surface area contributed by atoms with Gasteiger partial charge >= 0.3 is 0 Å². The van der Waals surface area contributed by atoms with Crippen LogP contribution in [0.3, 0.4) is 0 Å². The molecule has 1 aromatic carbocycles. The van der Waals surface area contributed by atoms with Crippen LogP contribution in [0.2, 0.25) is 0 Å². The van der Waals surface area contributed by atoms with Crippen molar-refractivity contribution in [3.8, 4) is 0 Å². The third kappa shape index (κ3) is 2.09. The van der Waals surface area contributed by atoms with Crippen LogP contribution in [-0.2, 0) is 11.2 Å². The Bertz CT molecular complexity index is 365. The number of fused-ring (bicyclic) bond motifs is 1. The van der Waals surface area contributed by atoms with Crippen molar-refractivity contribution < 1.29 is 9.90 Å². The lowest BCUT2D eigenvalue weighted by atomic mass is 9.90. The summed E-state index contributed by atoms with van der Waals surface area (Å²) < 4.78 is 0. The number of rotatable bonds is 4. The van der Waals surface area contributed by atoms with Crippen LogP contribution in [0, 0.1) is 0 Å². The van der Waals surface area contributed by atoms with Gasteiger partial charge < -0.3 is 10.0 Å². The lowest BCUT2D eigenvalue weighted by Crippen LogP contribution is -2.34. The van der Waals surface area contributed by atoms with E-state index in [-0.39, 0.29) is 12.6 Å². The molecule has 0 aliphatic carbocycles. The number of amides is 1. The summed E-state index contributed by atoms with van der Waals surface area (Å²) in [5.41, 5.74) is 2.58. The Morgan fingerprint density at radius 1 is 1.44 bits per heavy atom. The Labute approximate surface area is 95.7 Å². The number of benzene rings is 1. The Balaban J connectivity index is 2.25. The third-order valence-corrected chi connectivity index (χ3v) is 3.22. The molecule has 0 bridgehead atoms. The van der Waals surface area contributed by atoms with E-state index < -0.39 is 0 Å². The monoisotopic (exact) mass is 219 g/mol. The molecule has 0 saturated heterocycles. The molecule has 1 amide bonds. The summed E-state index contributed by atoms with van der Waals surface area (Å²) in [4.78, 5) is 12.9. The van der Waals surface area contributed by atoms with Crippen molar-refractivity contribution in [1.29, 1.82) is 0 Å². The molecule has 0 radical (unpaired) electrons. The average Bonchev–Trinajstić information content (AvgIpc) is 2.35. The summed E-state index contributed by atoms with van der Waals surface area (Å²) in [6, 6.07) is 8.42. The maximum atomic E-state index is 11.0. The van der Waals surface area contributed by atoms with Gasteiger partial charge in [-0.05, 0) is 30.4 Å². The van der Waals surface area contributed by atoms with Gasteiger partial charge in [-0.2, -0.15) is 0 Å². The summed E-state index contributed by atoms with van der Waals surface area (Å²) in [5.74, 6) is 0. The molecule has 1 N–H and O–H groups in total. The first-order chi connectivity index (χ1) is 7.86. The standard InChI is InChI=1S/C13H17NO2/c15-9-3-6-13-12-5-2-1-4-11(12)7-8-14(13)10-16/h1-2,4-5,10,13,15H,3,6-9H2. The highest BCUT2D eigenvalue weighted by molar-refractivity contribution is 5.51. The molecule has 16 heavy (non-hydrogen) atoms. The van der Waals surface area contributed by atoms with Crippen LogP contribution in [-0.4, -0.2) is 29.6 Å². The van der Waals surface area contributed by atoms with Crippen LogP contribution in [0.15, 0.2) is 24.3 Å². The van der Waals surface area contributed by atoms with E-state index in [2.05, 4.69) is 12.1 Å². The summed E-state index contributed by atoms with van der Waals surface area (Å²) in [5, 5.41) is 8.90. The summed E-state index contributed by atoms with van der Waals surface area (Å²) >= 11 is 0. The maximum Gasteiger partial charge on any atom is 0.210 e. The lowest BCUT2D eigenvalue weighted by molar-refractivity contribution is -0.120. The van der Waals surface area contributed by atoms with Crippen molar-refractivity contribution in [2.45, 2.75) is 25.3 Å². The molecule has 1 aliphatic heterocycles. The number of carbonyl (C=O) groups is 1. The van der Waals surface area contributed by atoms with Crippen molar-refractivity contribution in [3.63, 3.8) is 0 Å². The molecule has 0 aromatic heterocycles. The molecule has 1 aliphatic rings. The first-order valence-corrected chi connectivity index (χ1v) is 5.76. The number of hydrogen-bond donors (Lipinski definition) is 1. The second-order valence-corrected chi connectivity index (χ2v) is 4.17. The summed E-state index contributed by atoms with van der Waals surface area (Å²) in [6.45, 7) is 0.974. The predicted octanol–water partition coefficient (Wildman–Crippen LogP) is 1.51. The SMILES string of the molecule is O=CN1CCc2ccccc2C1CCCO. The first kappa shape index (κ1) is 11.1. The van der Waals surface area contributed by atoms with Gasteiger partial charge in [-0.15, -0.1) is 0 Å². The molecule has 2 rings (SSSR count).